The summed E-state index contributed by atoms with van der Waals surface area (Å²) in [5.74, 6) is -3.76. The first-order valence-corrected chi connectivity index (χ1v) is 14.5. The van der Waals surface area contributed by atoms with E-state index >= 15 is 0 Å². The van der Waals surface area contributed by atoms with Crippen LogP contribution in [0, 0.1) is 5.82 Å². The molecule has 0 aliphatic carbocycles. The van der Waals surface area contributed by atoms with Crippen molar-refractivity contribution in [3.63, 3.8) is 0 Å². The van der Waals surface area contributed by atoms with Crippen molar-refractivity contribution in [1.82, 2.24) is 10.3 Å². The Morgan fingerprint density at radius 1 is 0.979 bits per heavy atom. The number of carboxylic acid groups (broad SMARTS) is 2. The van der Waals surface area contributed by atoms with E-state index in [1.54, 1.807) is 48.7 Å². The van der Waals surface area contributed by atoms with Gasteiger partial charge in [-0.25, -0.2) is 14.2 Å². The van der Waals surface area contributed by atoms with E-state index in [0.717, 1.165) is 10.8 Å². The van der Waals surface area contributed by atoms with Crippen molar-refractivity contribution in [2.75, 3.05) is 17.7 Å². The van der Waals surface area contributed by atoms with E-state index < -0.39 is 48.3 Å². The molecule has 4 aromatic rings. The minimum Gasteiger partial charge on any atom is -0.490 e. The van der Waals surface area contributed by atoms with Crippen LogP contribution in [-0.4, -0.2) is 51.9 Å². The molecule has 0 bridgehead atoms. The van der Waals surface area contributed by atoms with E-state index in [2.05, 4.69) is 15.6 Å². The van der Waals surface area contributed by atoms with Crippen LogP contribution in [0.4, 0.5) is 29.1 Å². The van der Waals surface area contributed by atoms with Gasteiger partial charge in [0.2, 0.25) is 5.91 Å². The second kappa shape index (κ2) is 16.3. The number of amides is 1. The highest BCUT2D eigenvalue weighted by atomic mass is 19.4. The molecule has 48 heavy (non-hydrogen) atoms. The summed E-state index contributed by atoms with van der Waals surface area (Å²) < 4.78 is 58.1. The van der Waals surface area contributed by atoms with Crippen LogP contribution in [0.3, 0.4) is 0 Å². The predicted octanol–water partition coefficient (Wildman–Crippen LogP) is 6.26. The molecule has 11 nitrogen and oxygen atoms in total. The number of nitrogens with one attached hydrogen (secondary N) is 2. The molecule has 0 aliphatic heterocycles. The Kier molecular flexibility index (Phi) is 12.5. The summed E-state index contributed by atoms with van der Waals surface area (Å²) in [4.78, 5) is 38.6. The molecular weight excluding hydrogens is 640 g/mol. The first-order valence-electron chi connectivity index (χ1n) is 14.5. The van der Waals surface area contributed by atoms with E-state index in [9.17, 15) is 32.3 Å². The van der Waals surface area contributed by atoms with Crippen molar-refractivity contribution in [2.45, 2.75) is 51.6 Å². The van der Waals surface area contributed by atoms with Crippen LogP contribution in [0.1, 0.15) is 50.4 Å². The highest BCUT2D eigenvalue weighted by molar-refractivity contribution is 5.94. The molecule has 4 rings (SSSR count). The van der Waals surface area contributed by atoms with Gasteiger partial charge in [0.05, 0.1) is 25.2 Å². The number of alkyl halides is 3. The number of hydrogen-bond acceptors (Lipinski definition) is 8. The van der Waals surface area contributed by atoms with Gasteiger partial charge in [-0.2, -0.15) is 13.2 Å². The Balaban J connectivity index is 0.000000804. The number of carboxylic acids is 2. The number of aliphatic carboxylic acids is 2. The molecule has 256 valence electrons. The number of nitrogens with two attached hydrogens (primary N) is 1. The van der Waals surface area contributed by atoms with Crippen LogP contribution >= 0.6 is 0 Å². The van der Waals surface area contributed by atoms with E-state index in [4.69, 9.17) is 25.1 Å². The number of anilines is 2. The summed E-state index contributed by atoms with van der Waals surface area (Å²) in [6.07, 6.45) is -4.10. The number of benzene rings is 3. The van der Waals surface area contributed by atoms with E-state index in [1.165, 1.54) is 18.2 Å². The van der Waals surface area contributed by atoms with Crippen LogP contribution in [0.25, 0.3) is 10.8 Å². The minimum atomic E-state index is -5.08. The average molecular weight is 675 g/mol. The number of nitrogens with zero attached hydrogens (tertiary/aromatic N) is 1. The highest BCUT2D eigenvalue weighted by Gasteiger charge is 2.38. The van der Waals surface area contributed by atoms with Gasteiger partial charge >= 0.3 is 18.1 Å². The highest BCUT2D eigenvalue weighted by Crippen LogP contribution is 2.34. The number of hydrogen-bond donors (Lipinski definition) is 5. The van der Waals surface area contributed by atoms with Gasteiger partial charge in [-0.1, -0.05) is 24.3 Å². The normalized spacial score (nSPS) is 12.3. The molecule has 1 heterocycles. The summed E-state index contributed by atoms with van der Waals surface area (Å²) in [7, 11) is 0. The zero-order valence-corrected chi connectivity index (χ0v) is 26.0. The lowest BCUT2D eigenvalue weighted by molar-refractivity contribution is -0.192. The summed E-state index contributed by atoms with van der Waals surface area (Å²) in [6.45, 7) is 6.01. The molecule has 0 aliphatic rings. The molecule has 0 saturated carbocycles. The SMILES string of the molecule is CCOc1cc([C@@H](Nc2ccc3c(N)nccc3c2)C(=O)NC(CC(=O)O)c2ccccc2F)ccc1OC(C)C.O=C(O)C(F)(F)F. The maximum absolute atomic E-state index is 14.7. The quantitative estimate of drug-likeness (QED) is 0.108. The topological polar surface area (TPSA) is 173 Å². The van der Waals surface area contributed by atoms with Crippen molar-refractivity contribution < 1.29 is 51.6 Å². The zero-order valence-electron chi connectivity index (χ0n) is 26.0. The van der Waals surface area contributed by atoms with Gasteiger partial charge in [-0.15, -0.1) is 0 Å². The third-order valence-corrected chi connectivity index (χ3v) is 6.55. The van der Waals surface area contributed by atoms with Crippen LogP contribution in [0.15, 0.2) is 72.9 Å². The molecule has 3 aromatic carbocycles. The van der Waals surface area contributed by atoms with Crippen LogP contribution < -0.4 is 25.8 Å². The summed E-state index contributed by atoms with van der Waals surface area (Å²) in [5.41, 5.74) is 7.21. The van der Waals surface area contributed by atoms with Crippen molar-refractivity contribution in [3.8, 4) is 11.5 Å². The van der Waals surface area contributed by atoms with Crippen LogP contribution in [0.5, 0.6) is 11.5 Å². The second-order valence-corrected chi connectivity index (χ2v) is 10.5. The number of pyridine rings is 1. The molecule has 0 fully saturated rings. The molecule has 1 unspecified atom stereocenters. The number of halogens is 4. The summed E-state index contributed by atoms with van der Waals surface area (Å²) >= 11 is 0. The fourth-order valence-corrected chi connectivity index (χ4v) is 4.51. The Bertz CT molecular complexity index is 1750. The van der Waals surface area contributed by atoms with E-state index in [-0.39, 0.29) is 11.7 Å². The first-order chi connectivity index (χ1) is 22.6. The Labute approximate surface area is 272 Å². The van der Waals surface area contributed by atoms with Crippen LogP contribution in [-0.2, 0) is 14.4 Å². The van der Waals surface area contributed by atoms with Gasteiger partial charge < -0.3 is 36.1 Å². The Morgan fingerprint density at radius 3 is 2.27 bits per heavy atom. The fourth-order valence-electron chi connectivity index (χ4n) is 4.51. The van der Waals surface area contributed by atoms with Gasteiger partial charge in [-0.05, 0) is 74.2 Å². The second-order valence-electron chi connectivity index (χ2n) is 10.5. The maximum atomic E-state index is 14.7. The zero-order chi connectivity index (χ0) is 35.6. The molecule has 1 amide bonds. The predicted molar refractivity (Wildman–Crippen MR) is 169 cm³/mol. The maximum Gasteiger partial charge on any atom is 0.490 e. The van der Waals surface area contributed by atoms with Crippen molar-refractivity contribution in [3.05, 3.63) is 89.9 Å². The third kappa shape index (κ3) is 10.2. The molecule has 0 spiro atoms. The van der Waals surface area contributed by atoms with Gasteiger partial charge in [0, 0.05) is 22.8 Å². The smallest absolute Gasteiger partial charge is 0.490 e. The van der Waals surface area contributed by atoms with Crippen molar-refractivity contribution in [2.24, 2.45) is 0 Å². The first kappa shape index (κ1) is 36.9. The molecule has 0 radical (unpaired) electrons. The Morgan fingerprint density at radius 2 is 1.67 bits per heavy atom. The van der Waals surface area contributed by atoms with Gasteiger partial charge in [0.15, 0.2) is 11.5 Å². The largest absolute Gasteiger partial charge is 0.490 e. The van der Waals surface area contributed by atoms with Gasteiger partial charge in [0.25, 0.3) is 0 Å². The fraction of sp³-hybridized carbons (Fsp3) is 0.273. The molecular formula is C33H34F4N4O7. The van der Waals surface area contributed by atoms with Crippen molar-refractivity contribution >= 4 is 40.1 Å². The van der Waals surface area contributed by atoms with Gasteiger partial charge in [0.1, 0.15) is 17.7 Å². The van der Waals surface area contributed by atoms with Crippen molar-refractivity contribution in [1.29, 1.82) is 0 Å². The lowest BCUT2D eigenvalue weighted by Crippen LogP contribution is -2.37. The lowest BCUT2D eigenvalue weighted by Gasteiger charge is -2.25. The standard InChI is InChI=1S/C31H33FN4O5.C2HF3O2/c1-4-40-27-16-20(9-12-26(27)41-18(2)3)29(35-21-10-11-22-19(15-21)13-14-34-30(22)33)31(39)36-25(17-28(37)38)23-7-5-6-8-24(23)32;3-2(4,5)1(6)7/h5-16,18,25,29,35H,4,17H2,1-3H3,(H2,33,34)(H,36,39)(H,37,38);(H,6,7)/t25?,29-;/m1./s1. The monoisotopic (exact) mass is 674 g/mol. The molecule has 2 atom stereocenters. The molecule has 0 saturated heterocycles. The number of aromatic nitrogens is 1. The minimum absolute atomic E-state index is 0.0753. The van der Waals surface area contributed by atoms with Crippen LogP contribution in [0.2, 0.25) is 0 Å². The summed E-state index contributed by atoms with van der Waals surface area (Å²) in [6, 6.07) is 16.0. The number of ether oxygens (including phenoxy) is 2. The number of rotatable bonds is 12. The molecule has 15 heteroatoms. The van der Waals surface area contributed by atoms with E-state index in [1.807, 2.05) is 26.8 Å². The van der Waals surface area contributed by atoms with Gasteiger partial charge in [-0.3, -0.25) is 9.59 Å². The average Bonchev–Trinajstić information content (AvgIpc) is 3.00. The number of nitrogen functional groups attached to an aromatic ring is 1. The number of fused-ring (bicyclic) bond motifs is 1. The van der Waals surface area contributed by atoms with E-state index in [0.29, 0.717) is 35.2 Å². The number of carbonyl (C=O) groups is 3. The Hall–Kier alpha value is -5.60. The molecule has 6 N–H and O–H groups in total. The number of carbonyl (C=O) groups excluding carboxylic acids is 1. The molecule has 1 aromatic heterocycles. The summed E-state index contributed by atoms with van der Waals surface area (Å²) in [5, 5.41) is 24.2. The lowest BCUT2D eigenvalue weighted by atomic mass is 10.00. The third-order valence-electron chi connectivity index (χ3n) is 6.55.